The van der Waals surface area contributed by atoms with Gasteiger partial charge in [-0.3, -0.25) is 9.48 Å². The number of aromatic nitrogens is 2. The van der Waals surface area contributed by atoms with E-state index in [1.807, 2.05) is 53.2 Å². The molecule has 1 aromatic heterocycles. The molecule has 0 spiro atoms. The fraction of sp³-hybridized carbons (Fsp3) is 0.474. The number of benzene rings is 1. The van der Waals surface area contributed by atoms with Crippen LogP contribution in [0.1, 0.15) is 35.2 Å². The average Bonchev–Trinajstić information content (AvgIpc) is 3.13. The number of carbonyl (C=O) groups is 1. The minimum Gasteiger partial charge on any atom is -0.339 e. The molecule has 1 aliphatic rings. The van der Waals surface area contributed by atoms with E-state index in [2.05, 4.69) is 10.4 Å². The van der Waals surface area contributed by atoms with Crippen LogP contribution in [0.2, 0.25) is 0 Å². The highest BCUT2D eigenvalue weighted by Crippen LogP contribution is 2.21. The van der Waals surface area contributed by atoms with Crippen LogP contribution in [0, 0.1) is 5.92 Å². The fourth-order valence-corrected chi connectivity index (χ4v) is 3.29. The summed E-state index contributed by atoms with van der Waals surface area (Å²) in [6.45, 7) is 3.55. The first kappa shape index (κ1) is 22.5. The van der Waals surface area contributed by atoms with Crippen LogP contribution < -0.4 is 5.32 Å². The van der Waals surface area contributed by atoms with Crippen LogP contribution in [0.25, 0.3) is 0 Å². The molecule has 7 heteroatoms. The van der Waals surface area contributed by atoms with Gasteiger partial charge in [0.05, 0.1) is 6.54 Å². The molecule has 0 unspecified atom stereocenters. The van der Waals surface area contributed by atoms with E-state index in [4.69, 9.17) is 0 Å². The van der Waals surface area contributed by atoms with Crippen molar-refractivity contribution >= 4 is 30.7 Å². The maximum absolute atomic E-state index is 12.6. The minimum atomic E-state index is 0. The Hall–Kier alpha value is -1.56. The number of hydrogen-bond donors (Lipinski definition) is 1. The number of hydrogen-bond acceptors (Lipinski definition) is 3. The lowest BCUT2D eigenvalue weighted by atomic mass is 9.93. The average molecular weight is 399 g/mol. The van der Waals surface area contributed by atoms with Crippen LogP contribution in [-0.2, 0) is 6.54 Å². The zero-order chi connectivity index (χ0) is 16.8. The molecule has 0 aliphatic carbocycles. The van der Waals surface area contributed by atoms with E-state index in [1.165, 1.54) is 6.42 Å². The number of likely N-dealkylation sites (tertiary alicyclic amines) is 1. The van der Waals surface area contributed by atoms with E-state index in [0.717, 1.165) is 56.1 Å². The van der Waals surface area contributed by atoms with Crippen molar-refractivity contribution < 1.29 is 4.79 Å². The maximum Gasteiger partial charge on any atom is 0.253 e. The summed E-state index contributed by atoms with van der Waals surface area (Å²) in [6, 6.07) is 9.84. The third kappa shape index (κ3) is 6.01. The molecular formula is C19H28Cl2N4O. The van der Waals surface area contributed by atoms with Gasteiger partial charge >= 0.3 is 0 Å². The number of nitrogens with one attached hydrogen (secondary N) is 1. The molecule has 1 saturated heterocycles. The summed E-state index contributed by atoms with van der Waals surface area (Å²) in [5.41, 5.74) is 1.94. The van der Waals surface area contributed by atoms with E-state index in [9.17, 15) is 4.79 Å². The van der Waals surface area contributed by atoms with Crippen molar-refractivity contribution in [1.29, 1.82) is 0 Å². The van der Waals surface area contributed by atoms with Crippen LogP contribution >= 0.6 is 24.8 Å². The van der Waals surface area contributed by atoms with Gasteiger partial charge < -0.3 is 10.2 Å². The van der Waals surface area contributed by atoms with Gasteiger partial charge in [0.15, 0.2) is 0 Å². The zero-order valence-electron chi connectivity index (χ0n) is 15.1. The number of nitrogens with zero attached hydrogens (tertiary/aromatic N) is 3. The number of amides is 1. The van der Waals surface area contributed by atoms with Crippen LogP contribution in [0.4, 0.5) is 0 Å². The highest BCUT2D eigenvalue weighted by atomic mass is 35.5. The summed E-state index contributed by atoms with van der Waals surface area (Å²) in [4.78, 5) is 14.6. The molecule has 0 bridgehead atoms. The first-order valence-corrected chi connectivity index (χ1v) is 8.76. The van der Waals surface area contributed by atoms with Crippen LogP contribution in [-0.4, -0.2) is 47.3 Å². The Morgan fingerprint density at radius 3 is 2.46 bits per heavy atom. The van der Waals surface area contributed by atoms with Gasteiger partial charge in [0, 0.05) is 31.0 Å². The molecule has 0 saturated carbocycles. The molecule has 1 amide bonds. The number of piperidine rings is 1. The van der Waals surface area contributed by atoms with Gasteiger partial charge in [0.1, 0.15) is 0 Å². The van der Waals surface area contributed by atoms with Crippen molar-refractivity contribution in [2.24, 2.45) is 5.92 Å². The molecule has 5 nitrogen and oxygen atoms in total. The Balaban J connectivity index is 0.00000169. The molecule has 3 rings (SSSR count). The third-order valence-electron chi connectivity index (χ3n) is 4.81. The lowest BCUT2D eigenvalue weighted by Gasteiger charge is -2.32. The van der Waals surface area contributed by atoms with E-state index in [-0.39, 0.29) is 30.7 Å². The first-order valence-electron chi connectivity index (χ1n) is 8.76. The van der Waals surface area contributed by atoms with Crippen LogP contribution in [0.3, 0.4) is 0 Å². The summed E-state index contributed by atoms with van der Waals surface area (Å²) in [5, 5.41) is 7.42. The monoisotopic (exact) mass is 398 g/mol. The molecular weight excluding hydrogens is 371 g/mol. The summed E-state index contributed by atoms with van der Waals surface area (Å²) < 4.78 is 1.88. The number of carbonyl (C=O) groups excluding carboxylic acids is 1. The van der Waals surface area contributed by atoms with Gasteiger partial charge in [0.2, 0.25) is 0 Å². The van der Waals surface area contributed by atoms with E-state index in [1.54, 1.807) is 6.20 Å². The minimum absolute atomic E-state index is 0. The quantitative estimate of drug-likeness (QED) is 0.812. The molecule has 26 heavy (non-hydrogen) atoms. The zero-order valence-corrected chi connectivity index (χ0v) is 16.8. The molecule has 1 aliphatic heterocycles. The Morgan fingerprint density at radius 2 is 1.88 bits per heavy atom. The summed E-state index contributed by atoms with van der Waals surface area (Å²) in [6.07, 6.45) is 7.16. The topological polar surface area (TPSA) is 50.2 Å². The first-order chi connectivity index (χ1) is 11.8. The van der Waals surface area contributed by atoms with Crippen LogP contribution in [0.5, 0.6) is 0 Å². The second-order valence-corrected chi connectivity index (χ2v) is 6.53. The second kappa shape index (κ2) is 11.2. The highest BCUT2D eigenvalue weighted by molar-refractivity contribution is 5.94. The van der Waals surface area contributed by atoms with Gasteiger partial charge in [-0.15, -0.1) is 24.8 Å². The van der Waals surface area contributed by atoms with Crippen molar-refractivity contribution in [3.05, 3.63) is 53.9 Å². The standard InChI is InChI=1S/C19H26N4O.2ClH/c1-20-11-7-16-8-13-22(14-9-16)19(24)18-5-3-17(4-6-18)15-23-12-2-10-21-23;;/h2-6,10,12,16,20H,7-9,11,13-15H2,1H3;2*1H. The molecule has 144 valence electrons. The third-order valence-corrected chi connectivity index (χ3v) is 4.81. The van der Waals surface area contributed by atoms with Gasteiger partial charge in [0.25, 0.3) is 5.91 Å². The molecule has 2 heterocycles. The van der Waals surface area contributed by atoms with Crippen molar-refractivity contribution in [1.82, 2.24) is 20.0 Å². The highest BCUT2D eigenvalue weighted by Gasteiger charge is 2.23. The van der Waals surface area contributed by atoms with Gasteiger partial charge in [-0.05, 0) is 62.5 Å². The lowest BCUT2D eigenvalue weighted by molar-refractivity contribution is 0.0687. The summed E-state index contributed by atoms with van der Waals surface area (Å²) >= 11 is 0. The van der Waals surface area contributed by atoms with Crippen molar-refractivity contribution in [2.45, 2.75) is 25.8 Å². The molecule has 1 N–H and O–H groups in total. The predicted molar refractivity (Wildman–Crippen MR) is 109 cm³/mol. The Labute approximate surface area is 168 Å². The van der Waals surface area contributed by atoms with Crippen LogP contribution in [0.15, 0.2) is 42.7 Å². The molecule has 0 radical (unpaired) electrons. The molecule has 2 aromatic rings. The van der Waals surface area contributed by atoms with Crippen molar-refractivity contribution in [3.63, 3.8) is 0 Å². The van der Waals surface area contributed by atoms with E-state index >= 15 is 0 Å². The SMILES string of the molecule is CNCCC1CCN(C(=O)c2ccc(Cn3cccn3)cc2)CC1.Cl.Cl. The normalized spacial score (nSPS) is 14.4. The maximum atomic E-state index is 12.6. The lowest BCUT2D eigenvalue weighted by Crippen LogP contribution is -2.38. The van der Waals surface area contributed by atoms with Crippen molar-refractivity contribution in [2.75, 3.05) is 26.7 Å². The predicted octanol–water partition coefficient (Wildman–Crippen LogP) is 3.24. The largest absolute Gasteiger partial charge is 0.339 e. The number of rotatable bonds is 6. The molecule has 1 fully saturated rings. The van der Waals surface area contributed by atoms with Gasteiger partial charge in [-0.1, -0.05) is 12.1 Å². The fourth-order valence-electron chi connectivity index (χ4n) is 3.29. The molecule has 0 atom stereocenters. The van der Waals surface area contributed by atoms with Crippen molar-refractivity contribution in [3.8, 4) is 0 Å². The van der Waals surface area contributed by atoms with E-state index in [0.29, 0.717) is 0 Å². The van der Waals surface area contributed by atoms with E-state index < -0.39 is 0 Å². The Bertz CT molecular complexity index is 638. The Kier molecular flexibility index (Phi) is 9.70. The second-order valence-electron chi connectivity index (χ2n) is 6.53. The van der Waals surface area contributed by atoms with Gasteiger partial charge in [-0.25, -0.2) is 0 Å². The molecule has 1 aromatic carbocycles. The Morgan fingerprint density at radius 1 is 1.19 bits per heavy atom. The summed E-state index contributed by atoms with van der Waals surface area (Å²) in [5.74, 6) is 0.908. The smallest absolute Gasteiger partial charge is 0.253 e. The summed E-state index contributed by atoms with van der Waals surface area (Å²) in [7, 11) is 1.99. The van der Waals surface area contributed by atoms with Gasteiger partial charge in [-0.2, -0.15) is 5.10 Å². The number of halogens is 2.